The molecular weight excluding hydrogens is 348 g/mol. The lowest BCUT2D eigenvalue weighted by Gasteiger charge is -2.08. The minimum absolute atomic E-state index is 0.0437. The van der Waals surface area contributed by atoms with E-state index < -0.39 is 17.8 Å². The number of carbonyl (C=O) groups is 3. The van der Waals surface area contributed by atoms with Gasteiger partial charge in [0.2, 0.25) is 0 Å². The molecule has 0 aliphatic carbocycles. The van der Waals surface area contributed by atoms with Gasteiger partial charge in [0.05, 0.1) is 12.9 Å². The summed E-state index contributed by atoms with van der Waals surface area (Å²) in [5, 5.41) is 2.59. The standard InChI is InChI=1S/C16H18N2O6S/c1-4-22-16(21)11-10(12(14(19)18-3)25-13(11)17)7-24-15(20)9-5-6-23-8(9)2/h5-6H,4,7,17H2,1-3H3,(H,18,19). The molecule has 3 N–H and O–H groups in total. The highest BCUT2D eigenvalue weighted by molar-refractivity contribution is 7.18. The first-order chi connectivity index (χ1) is 11.9. The monoisotopic (exact) mass is 366 g/mol. The zero-order chi connectivity index (χ0) is 18.6. The Labute approximate surface area is 147 Å². The van der Waals surface area contributed by atoms with Gasteiger partial charge in [-0.2, -0.15) is 0 Å². The summed E-state index contributed by atoms with van der Waals surface area (Å²) in [6, 6.07) is 1.48. The Morgan fingerprint density at radius 1 is 1.28 bits per heavy atom. The van der Waals surface area contributed by atoms with Crippen molar-refractivity contribution in [3.05, 3.63) is 39.7 Å². The van der Waals surface area contributed by atoms with E-state index in [0.717, 1.165) is 11.3 Å². The van der Waals surface area contributed by atoms with E-state index in [9.17, 15) is 14.4 Å². The molecule has 2 aromatic rings. The predicted molar refractivity (Wildman–Crippen MR) is 90.6 cm³/mol. The lowest BCUT2D eigenvalue weighted by molar-refractivity contribution is 0.0448. The van der Waals surface area contributed by atoms with Crippen LogP contribution in [0.5, 0.6) is 0 Å². The molecule has 0 radical (unpaired) electrons. The van der Waals surface area contributed by atoms with Gasteiger partial charge in [0.25, 0.3) is 5.91 Å². The fourth-order valence-electron chi connectivity index (χ4n) is 2.16. The summed E-state index contributed by atoms with van der Waals surface area (Å²) in [4.78, 5) is 36.5. The van der Waals surface area contributed by atoms with Gasteiger partial charge < -0.3 is 24.9 Å². The highest BCUT2D eigenvalue weighted by Crippen LogP contribution is 2.32. The molecule has 0 atom stereocenters. The van der Waals surface area contributed by atoms with Crippen LogP contribution >= 0.6 is 11.3 Å². The SMILES string of the molecule is CCOC(=O)c1c(N)sc(C(=O)NC)c1COC(=O)c1ccoc1C. The molecule has 0 spiro atoms. The fourth-order valence-corrected chi connectivity index (χ4v) is 3.17. The summed E-state index contributed by atoms with van der Waals surface area (Å²) in [7, 11) is 1.45. The van der Waals surface area contributed by atoms with Crippen molar-refractivity contribution in [3.8, 4) is 0 Å². The Kier molecular flexibility index (Phi) is 5.81. The maximum atomic E-state index is 12.2. The minimum atomic E-state index is -0.669. The molecule has 0 fully saturated rings. The topological polar surface area (TPSA) is 121 Å². The molecule has 0 saturated heterocycles. The molecule has 134 valence electrons. The van der Waals surface area contributed by atoms with Crippen molar-refractivity contribution < 1.29 is 28.3 Å². The number of furan rings is 1. The fraction of sp³-hybridized carbons (Fsp3) is 0.312. The average Bonchev–Trinajstić information content (AvgIpc) is 3.15. The van der Waals surface area contributed by atoms with Gasteiger partial charge in [0.1, 0.15) is 33.4 Å². The van der Waals surface area contributed by atoms with Crippen molar-refractivity contribution in [2.24, 2.45) is 0 Å². The van der Waals surface area contributed by atoms with Crippen molar-refractivity contribution in [3.63, 3.8) is 0 Å². The predicted octanol–water partition coefficient (Wildman–Crippen LogP) is 2.13. The zero-order valence-corrected chi connectivity index (χ0v) is 14.8. The molecule has 25 heavy (non-hydrogen) atoms. The van der Waals surface area contributed by atoms with Crippen molar-refractivity contribution in [1.29, 1.82) is 0 Å². The number of rotatable bonds is 6. The third-order valence-electron chi connectivity index (χ3n) is 3.37. The van der Waals surface area contributed by atoms with Crippen molar-refractivity contribution in [2.75, 3.05) is 19.4 Å². The third-order valence-corrected chi connectivity index (χ3v) is 4.43. The molecule has 0 aliphatic heterocycles. The van der Waals surface area contributed by atoms with E-state index >= 15 is 0 Å². The van der Waals surface area contributed by atoms with E-state index in [1.54, 1.807) is 13.8 Å². The third kappa shape index (κ3) is 3.82. The molecule has 0 aromatic carbocycles. The first-order valence-corrected chi connectivity index (χ1v) is 8.23. The van der Waals surface area contributed by atoms with Gasteiger partial charge in [-0.15, -0.1) is 11.3 Å². The first kappa shape index (κ1) is 18.5. The number of thiophene rings is 1. The number of aryl methyl sites for hydroxylation is 1. The smallest absolute Gasteiger partial charge is 0.342 e. The Morgan fingerprint density at radius 3 is 2.56 bits per heavy atom. The van der Waals surface area contributed by atoms with Gasteiger partial charge in [-0.05, 0) is 19.9 Å². The van der Waals surface area contributed by atoms with Crippen LogP contribution in [0.1, 0.15) is 48.6 Å². The zero-order valence-electron chi connectivity index (χ0n) is 14.0. The summed E-state index contributed by atoms with van der Waals surface area (Å²) in [6.07, 6.45) is 1.37. The lowest BCUT2D eigenvalue weighted by atomic mass is 10.1. The van der Waals surface area contributed by atoms with Crippen molar-refractivity contribution in [2.45, 2.75) is 20.5 Å². The van der Waals surface area contributed by atoms with E-state index in [0.29, 0.717) is 5.76 Å². The molecule has 2 heterocycles. The van der Waals surface area contributed by atoms with Crippen LogP contribution in [-0.4, -0.2) is 31.5 Å². The number of nitrogen functional groups attached to an aromatic ring is 1. The molecule has 0 saturated carbocycles. The lowest BCUT2D eigenvalue weighted by Crippen LogP contribution is -2.19. The number of nitrogens with two attached hydrogens (primary N) is 1. The molecule has 2 rings (SSSR count). The van der Waals surface area contributed by atoms with Gasteiger partial charge in [-0.25, -0.2) is 9.59 Å². The Bertz CT molecular complexity index is 808. The summed E-state index contributed by atoms with van der Waals surface area (Å²) >= 11 is 0.935. The van der Waals surface area contributed by atoms with Crippen LogP contribution < -0.4 is 11.1 Å². The summed E-state index contributed by atoms with van der Waals surface area (Å²) < 4.78 is 15.3. The largest absolute Gasteiger partial charge is 0.469 e. The number of ether oxygens (including phenoxy) is 2. The molecular formula is C16H18N2O6S. The summed E-state index contributed by atoms with van der Waals surface area (Å²) in [5.74, 6) is -1.32. The van der Waals surface area contributed by atoms with Gasteiger partial charge in [-0.3, -0.25) is 4.79 Å². The van der Waals surface area contributed by atoms with Crippen LogP contribution in [0.25, 0.3) is 0 Å². The Balaban J connectivity index is 2.33. The van der Waals surface area contributed by atoms with E-state index in [1.165, 1.54) is 19.4 Å². The normalized spacial score (nSPS) is 10.4. The van der Waals surface area contributed by atoms with Crippen LogP contribution in [0.3, 0.4) is 0 Å². The molecule has 1 amide bonds. The maximum Gasteiger partial charge on any atom is 0.342 e. The van der Waals surface area contributed by atoms with Crippen molar-refractivity contribution >= 4 is 34.2 Å². The number of hydrogen-bond donors (Lipinski definition) is 2. The van der Waals surface area contributed by atoms with Gasteiger partial charge >= 0.3 is 11.9 Å². The number of amides is 1. The number of nitrogens with one attached hydrogen (secondary N) is 1. The second-order valence-corrected chi connectivity index (χ2v) is 5.97. The van der Waals surface area contributed by atoms with Crippen LogP contribution in [0.2, 0.25) is 0 Å². The number of esters is 2. The molecule has 0 unspecified atom stereocenters. The number of hydrogen-bond acceptors (Lipinski definition) is 8. The van der Waals surface area contributed by atoms with E-state index in [1.807, 2.05) is 0 Å². The van der Waals surface area contributed by atoms with Gasteiger partial charge in [0, 0.05) is 12.6 Å². The van der Waals surface area contributed by atoms with E-state index in [-0.39, 0.29) is 39.8 Å². The number of carbonyl (C=O) groups excluding carboxylic acids is 3. The van der Waals surface area contributed by atoms with Crippen LogP contribution in [-0.2, 0) is 16.1 Å². The Hall–Kier alpha value is -2.81. The molecule has 0 aliphatic rings. The van der Waals surface area contributed by atoms with Gasteiger partial charge in [0.15, 0.2) is 0 Å². The average molecular weight is 366 g/mol. The summed E-state index contributed by atoms with van der Waals surface area (Å²) in [5.41, 5.74) is 6.40. The van der Waals surface area contributed by atoms with Crippen LogP contribution in [0, 0.1) is 6.92 Å². The maximum absolute atomic E-state index is 12.2. The quantitative estimate of drug-likeness (QED) is 0.751. The van der Waals surface area contributed by atoms with E-state index in [4.69, 9.17) is 19.6 Å². The van der Waals surface area contributed by atoms with Crippen LogP contribution in [0.15, 0.2) is 16.7 Å². The van der Waals surface area contributed by atoms with E-state index in [2.05, 4.69) is 5.32 Å². The van der Waals surface area contributed by atoms with Crippen molar-refractivity contribution in [1.82, 2.24) is 5.32 Å². The molecule has 2 aromatic heterocycles. The van der Waals surface area contributed by atoms with Gasteiger partial charge in [-0.1, -0.05) is 0 Å². The molecule has 8 nitrogen and oxygen atoms in total. The highest BCUT2D eigenvalue weighted by atomic mass is 32.1. The number of anilines is 1. The first-order valence-electron chi connectivity index (χ1n) is 7.42. The second-order valence-electron chi connectivity index (χ2n) is 4.92. The summed E-state index contributed by atoms with van der Waals surface area (Å²) in [6.45, 7) is 3.13. The molecule has 0 bridgehead atoms. The molecule has 9 heteroatoms. The Morgan fingerprint density at radius 2 is 2.00 bits per heavy atom. The highest BCUT2D eigenvalue weighted by Gasteiger charge is 2.27. The second kappa shape index (κ2) is 7.84. The van der Waals surface area contributed by atoms with Crippen LogP contribution in [0.4, 0.5) is 5.00 Å². The minimum Gasteiger partial charge on any atom is -0.469 e.